The van der Waals surface area contributed by atoms with Crippen molar-refractivity contribution < 1.29 is 0 Å². The number of nitrogens with zero attached hydrogens (tertiary/aromatic N) is 2. The Kier molecular flexibility index (Phi) is 2.84. The number of anilines is 1. The third-order valence-corrected chi connectivity index (χ3v) is 3.48. The highest BCUT2D eigenvalue weighted by Gasteiger charge is 2.33. The van der Waals surface area contributed by atoms with E-state index >= 15 is 0 Å². The quantitative estimate of drug-likeness (QED) is 0.797. The van der Waals surface area contributed by atoms with Crippen LogP contribution in [-0.4, -0.2) is 22.1 Å². The van der Waals surface area contributed by atoms with Gasteiger partial charge in [-0.15, -0.1) is 0 Å². The fourth-order valence-electron chi connectivity index (χ4n) is 2.36. The van der Waals surface area contributed by atoms with Crippen LogP contribution in [0.3, 0.4) is 0 Å². The summed E-state index contributed by atoms with van der Waals surface area (Å²) in [5.41, 5.74) is 7.91. The summed E-state index contributed by atoms with van der Waals surface area (Å²) < 4.78 is 0. The second kappa shape index (κ2) is 4.01. The summed E-state index contributed by atoms with van der Waals surface area (Å²) in [4.78, 5) is 6.98. The first kappa shape index (κ1) is 11.3. The van der Waals surface area contributed by atoms with Gasteiger partial charge in [-0.25, -0.2) is 0 Å². The van der Waals surface area contributed by atoms with Gasteiger partial charge in [0.1, 0.15) is 4.99 Å². The van der Waals surface area contributed by atoms with E-state index in [2.05, 4.69) is 23.7 Å². The SMILES string of the molecule is CC1(C)CCCN1c1cnccc1C(N)=S. The first-order valence-electron chi connectivity index (χ1n) is 5.54. The first-order valence-corrected chi connectivity index (χ1v) is 5.95. The predicted octanol–water partition coefficient (Wildman–Crippen LogP) is 2.09. The highest BCUT2D eigenvalue weighted by Crippen LogP contribution is 2.34. The Hall–Kier alpha value is -1.16. The molecule has 1 fully saturated rings. The van der Waals surface area contributed by atoms with Gasteiger partial charge in [0.15, 0.2) is 0 Å². The molecule has 16 heavy (non-hydrogen) atoms. The summed E-state index contributed by atoms with van der Waals surface area (Å²) in [5.74, 6) is 0. The number of hydrogen-bond donors (Lipinski definition) is 1. The molecule has 0 atom stereocenters. The summed E-state index contributed by atoms with van der Waals surface area (Å²) in [5, 5.41) is 0. The topological polar surface area (TPSA) is 42.2 Å². The molecular formula is C12H17N3S. The molecule has 1 aliphatic heterocycles. The molecule has 0 saturated carbocycles. The fraction of sp³-hybridized carbons (Fsp3) is 0.500. The second-order valence-electron chi connectivity index (χ2n) is 4.82. The third kappa shape index (κ3) is 1.89. The highest BCUT2D eigenvalue weighted by molar-refractivity contribution is 7.80. The van der Waals surface area contributed by atoms with Crippen LogP contribution in [-0.2, 0) is 0 Å². The van der Waals surface area contributed by atoms with Gasteiger partial charge in [-0.1, -0.05) is 12.2 Å². The summed E-state index contributed by atoms with van der Waals surface area (Å²) in [6.07, 6.45) is 6.00. The van der Waals surface area contributed by atoms with Gasteiger partial charge >= 0.3 is 0 Å². The standard InChI is InChI=1S/C12H17N3S/c1-12(2)5-3-7-15(12)10-8-14-6-4-9(10)11(13)16/h4,6,8H,3,5,7H2,1-2H3,(H2,13,16). The van der Waals surface area contributed by atoms with E-state index in [1.54, 1.807) is 6.20 Å². The molecule has 4 heteroatoms. The van der Waals surface area contributed by atoms with Crippen LogP contribution in [0.25, 0.3) is 0 Å². The van der Waals surface area contributed by atoms with Crippen LogP contribution in [0.2, 0.25) is 0 Å². The van der Waals surface area contributed by atoms with Crippen molar-refractivity contribution >= 4 is 22.9 Å². The van der Waals surface area contributed by atoms with Crippen LogP contribution in [0.5, 0.6) is 0 Å². The Morgan fingerprint density at radius 1 is 1.56 bits per heavy atom. The lowest BCUT2D eigenvalue weighted by Gasteiger charge is -2.34. The van der Waals surface area contributed by atoms with Crippen molar-refractivity contribution in [3.63, 3.8) is 0 Å². The molecule has 1 aromatic heterocycles. The largest absolute Gasteiger partial charge is 0.389 e. The van der Waals surface area contributed by atoms with Gasteiger partial charge in [-0.2, -0.15) is 0 Å². The summed E-state index contributed by atoms with van der Waals surface area (Å²) in [6.45, 7) is 5.54. The van der Waals surface area contributed by atoms with Gasteiger partial charge in [-0.05, 0) is 32.8 Å². The number of rotatable bonds is 2. The van der Waals surface area contributed by atoms with E-state index in [0.29, 0.717) is 4.99 Å². The highest BCUT2D eigenvalue weighted by atomic mass is 32.1. The van der Waals surface area contributed by atoms with Gasteiger partial charge in [0.2, 0.25) is 0 Å². The smallest absolute Gasteiger partial charge is 0.106 e. The van der Waals surface area contributed by atoms with Gasteiger partial charge in [0.05, 0.1) is 11.9 Å². The zero-order valence-electron chi connectivity index (χ0n) is 9.73. The zero-order chi connectivity index (χ0) is 11.8. The molecule has 0 aromatic carbocycles. The minimum Gasteiger partial charge on any atom is -0.389 e. The Bertz CT molecular complexity index is 414. The Morgan fingerprint density at radius 2 is 2.31 bits per heavy atom. The molecule has 2 rings (SSSR count). The van der Waals surface area contributed by atoms with Crippen molar-refractivity contribution in [1.29, 1.82) is 0 Å². The molecule has 2 heterocycles. The van der Waals surface area contributed by atoms with Crippen molar-refractivity contribution in [2.75, 3.05) is 11.4 Å². The number of nitrogens with two attached hydrogens (primary N) is 1. The second-order valence-corrected chi connectivity index (χ2v) is 5.26. The number of aromatic nitrogens is 1. The van der Waals surface area contributed by atoms with E-state index in [-0.39, 0.29) is 5.54 Å². The van der Waals surface area contributed by atoms with Gasteiger partial charge in [0.25, 0.3) is 0 Å². The van der Waals surface area contributed by atoms with Crippen molar-refractivity contribution in [3.8, 4) is 0 Å². The average Bonchev–Trinajstić information content (AvgIpc) is 2.58. The molecule has 0 aliphatic carbocycles. The average molecular weight is 235 g/mol. The summed E-state index contributed by atoms with van der Waals surface area (Å²) in [7, 11) is 0. The Labute approximate surface area is 102 Å². The van der Waals surface area contributed by atoms with Gasteiger partial charge in [0, 0.05) is 23.8 Å². The van der Waals surface area contributed by atoms with Crippen LogP contribution in [0.1, 0.15) is 32.3 Å². The molecule has 3 nitrogen and oxygen atoms in total. The molecule has 0 amide bonds. The zero-order valence-corrected chi connectivity index (χ0v) is 10.5. The maximum atomic E-state index is 5.75. The molecule has 1 aliphatic rings. The van der Waals surface area contributed by atoms with Gasteiger partial charge < -0.3 is 10.6 Å². The lowest BCUT2D eigenvalue weighted by atomic mass is 10.0. The molecule has 0 radical (unpaired) electrons. The molecule has 1 aromatic rings. The number of pyridine rings is 1. The van der Waals surface area contributed by atoms with Crippen LogP contribution in [0.4, 0.5) is 5.69 Å². The maximum absolute atomic E-state index is 5.75. The monoisotopic (exact) mass is 235 g/mol. The van der Waals surface area contributed by atoms with Crippen molar-refractivity contribution in [1.82, 2.24) is 4.98 Å². The molecule has 1 saturated heterocycles. The van der Waals surface area contributed by atoms with E-state index in [9.17, 15) is 0 Å². The fourth-order valence-corrected chi connectivity index (χ4v) is 2.54. The van der Waals surface area contributed by atoms with E-state index < -0.39 is 0 Å². The van der Waals surface area contributed by atoms with Crippen LogP contribution in [0.15, 0.2) is 18.5 Å². The minimum absolute atomic E-state index is 0.169. The van der Waals surface area contributed by atoms with Gasteiger partial charge in [-0.3, -0.25) is 4.98 Å². The normalized spacial score (nSPS) is 18.8. The van der Waals surface area contributed by atoms with E-state index in [1.165, 1.54) is 12.8 Å². The lowest BCUT2D eigenvalue weighted by molar-refractivity contribution is 0.517. The van der Waals surface area contributed by atoms with E-state index in [1.807, 2.05) is 12.3 Å². The Morgan fingerprint density at radius 3 is 2.88 bits per heavy atom. The molecule has 2 N–H and O–H groups in total. The van der Waals surface area contributed by atoms with Crippen LogP contribution >= 0.6 is 12.2 Å². The molecule has 0 bridgehead atoms. The third-order valence-electron chi connectivity index (χ3n) is 3.26. The maximum Gasteiger partial charge on any atom is 0.106 e. The summed E-state index contributed by atoms with van der Waals surface area (Å²) in [6, 6.07) is 1.89. The first-order chi connectivity index (χ1) is 7.52. The Balaban J connectivity index is 2.44. The molecule has 0 spiro atoms. The van der Waals surface area contributed by atoms with Crippen LogP contribution in [0, 0.1) is 0 Å². The van der Waals surface area contributed by atoms with E-state index in [0.717, 1.165) is 17.8 Å². The van der Waals surface area contributed by atoms with E-state index in [4.69, 9.17) is 18.0 Å². The predicted molar refractivity (Wildman–Crippen MR) is 70.8 cm³/mol. The molecule has 86 valence electrons. The van der Waals surface area contributed by atoms with Crippen LogP contribution < -0.4 is 10.6 Å². The number of hydrogen-bond acceptors (Lipinski definition) is 3. The van der Waals surface area contributed by atoms with Crippen molar-refractivity contribution in [3.05, 3.63) is 24.0 Å². The molecular weight excluding hydrogens is 218 g/mol. The minimum atomic E-state index is 0.169. The van der Waals surface area contributed by atoms with Crippen molar-refractivity contribution in [2.24, 2.45) is 5.73 Å². The number of thiocarbonyl (C=S) groups is 1. The summed E-state index contributed by atoms with van der Waals surface area (Å²) >= 11 is 5.08. The lowest BCUT2D eigenvalue weighted by Crippen LogP contribution is -2.39. The molecule has 0 unspecified atom stereocenters. The van der Waals surface area contributed by atoms with Crippen molar-refractivity contribution in [2.45, 2.75) is 32.2 Å².